The highest BCUT2D eigenvalue weighted by Crippen LogP contribution is 2.55. The molecule has 27 heavy (non-hydrogen) atoms. The molecule has 0 saturated heterocycles. The minimum absolute atomic E-state index is 0.300. The lowest BCUT2D eigenvalue weighted by Crippen LogP contribution is -2.56. The predicted octanol–water partition coefficient (Wildman–Crippen LogP) is 3.84. The topological polar surface area (TPSA) is 59.6 Å². The molecule has 8 aliphatic carbocycles. The Hall–Kier alpha value is -0.840. The second kappa shape index (κ2) is 6.33. The van der Waals surface area contributed by atoms with Crippen LogP contribution in [0.1, 0.15) is 64.2 Å². The molecule has 0 spiro atoms. The molecule has 0 unspecified atom stereocenters. The Morgan fingerprint density at radius 3 is 1.67 bits per heavy atom. The normalized spacial score (nSPS) is 52.2. The van der Waals surface area contributed by atoms with E-state index in [9.17, 15) is 0 Å². The molecule has 8 bridgehead atoms. The monoisotopic (exact) mass is 387 g/mol. The maximum Gasteiger partial charge on any atom is 0.289 e. The summed E-state index contributed by atoms with van der Waals surface area (Å²) < 4.78 is 5.81. The van der Waals surface area contributed by atoms with Gasteiger partial charge in [-0.15, -0.1) is 0 Å². The maximum atomic E-state index is 6.20. The lowest BCUT2D eigenvalue weighted by Gasteiger charge is -2.54. The molecule has 0 heterocycles. The third-order valence-electron chi connectivity index (χ3n) is 9.16. The van der Waals surface area contributed by atoms with Crippen molar-refractivity contribution in [3.8, 4) is 0 Å². The first-order chi connectivity index (χ1) is 13.1. The molecular weight excluding hydrogens is 354 g/mol. The van der Waals surface area contributed by atoms with Crippen molar-refractivity contribution in [3.63, 3.8) is 0 Å². The first kappa shape index (κ1) is 17.1. The van der Waals surface area contributed by atoms with E-state index in [1.54, 1.807) is 0 Å². The molecule has 0 aromatic rings. The minimum Gasteiger partial charge on any atom is -0.399 e. The number of nitrogens with two attached hydrogens (primary N) is 1. The van der Waals surface area contributed by atoms with E-state index in [0.29, 0.717) is 23.3 Å². The molecule has 148 valence electrons. The Labute approximate surface area is 168 Å². The summed E-state index contributed by atoms with van der Waals surface area (Å²) in [5.41, 5.74) is 6.20. The van der Waals surface area contributed by atoms with Gasteiger partial charge in [-0.25, -0.2) is 4.99 Å². The van der Waals surface area contributed by atoms with E-state index in [1.165, 1.54) is 64.2 Å². The van der Waals surface area contributed by atoms with E-state index in [2.05, 4.69) is 5.32 Å². The summed E-state index contributed by atoms with van der Waals surface area (Å²) in [4.78, 5) is 4.84. The average molecular weight is 388 g/mol. The van der Waals surface area contributed by atoms with Gasteiger partial charge in [-0.1, -0.05) is 0 Å². The van der Waals surface area contributed by atoms with Crippen LogP contribution in [0.2, 0.25) is 0 Å². The molecule has 0 atom stereocenters. The summed E-state index contributed by atoms with van der Waals surface area (Å²) in [5, 5.41) is 4.00. The van der Waals surface area contributed by atoms with E-state index < -0.39 is 0 Å². The van der Waals surface area contributed by atoms with Crippen LogP contribution in [0.5, 0.6) is 0 Å². The molecule has 0 radical (unpaired) electrons. The first-order valence-corrected chi connectivity index (χ1v) is 11.8. The van der Waals surface area contributed by atoms with Crippen LogP contribution in [0.4, 0.5) is 0 Å². The van der Waals surface area contributed by atoms with Gasteiger partial charge in [-0.3, -0.25) is 0 Å². The number of nitrogens with one attached hydrogen (secondary N) is 1. The standard InChI is InChI=1S/C22H33N3OS/c23-21(24-19-15-3-11-1-12(5-15)6-16(19)4-11)26-22(27)25-20-17-7-13-2-14(9-17)10-18(20)8-13/h11-20H,1-10H2,(H2,23,24)(H,25,27). The van der Waals surface area contributed by atoms with E-state index >= 15 is 0 Å². The summed E-state index contributed by atoms with van der Waals surface area (Å²) in [6.45, 7) is 0. The van der Waals surface area contributed by atoms with Crippen molar-refractivity contribution >= 4 is 23.4 Å². The Morgan fingerprint density at radius 1 is 0.741 bits per heavy atom. The van der Waals surface area contributed by atoms with Crippen molar-refractivity contribution in [1.29, 1.82) is 0 Å². The van der Waals surface area contributed by atoms with E-state index in [1.807, 2.05) is 0 Å². The zero-order valence-electron chi connectivity index (χ0n) is 16.2. The molecule has 4 nitrogen and oxygen atoms in total. The fourth-order valence-electron chi connectivity index (χ4n) is 8.70. The Kier molecular flexibility index (Phi) is 4.00. The molecule has 0 amide bonds. The number of aliphatic imine (C=N–C) groups is 1. The van der Waals surface area contributed by atoms with Gasteiger partial charge >= 0.3 is 0 Å². The molecule has 0 aromatic heterocycles. The van der Waals surface area contributed by atoms with Gasteiger partial charge in [0.15, 0.2) is 0 Å². The number of hydrogen-bond acceptors (Lipinski definition) is 3. The summed E-state index contributed by atoms with van der Waals surface area (Å²) in [6.07, 6.45) is 13.9. The lowest BCUT2D eigenvalue weighted by atomic mass is 9.54. The SMILES string of the molecule is NC(=NC1C2CC3CC(C2)CC1C3)OC(=S)NC1C2CC3CC(C2)CC1C3. The number of ether oxygens (including phenoxy) is 1. The van der Waals surface area contributed by atoms with Crippen molar-refractivity contribution in [1.82, 2.24) is 5.32 Å². The Morgan fingerprint density at radius 2 is 1.19 bits per heavy atom. The zero-order valence-corrected chi connectivity index (χ0v) is 17.0. The van der Waals surface area contributed by atoms with Crippen molar-refractivity contribution < 1.29 is 4.74 Å². The molecular formula is C22H33N3OS. The highest BCUT2D eigenvalue weighted by atomic mass is 32.1. The van der Waals surface area contributed by atoms with Gasteiger partial charge in [-0.05, 0) is 124 Å². The molecule has 0 aliphatic heterocycles. The lowest BCUT2D eigenvalue weighted by molar-refractivity contribution is -0.00805. The third kappa shape index (κ3) is 2.99. The van der Waals surface area contributed by atoms with Gasteiger partial charge in [0.05, 0.1) is 6.04 Å². The van der Waals surface area contributed by atoms with Crippen LogP contribution in [-0.2, 0) is 4.74 Å². The quantitative estimate of drug-likeness (QED) is 0.429. The largest absolute Gasteiger partial charge is 0.399 e. The second-order valence-corrected chi connectivity index (χ2v) is 11.2. The van der Waals surface area contributed by atoms with Crippen LogP contribution in [0, 0.1) is 47.3 Å². The highest BCUT2D eigenvalue weighted by molar-refractivity contribution is 7.80. The maximum absolute atomic E-state index is 6.20. The van der Waals surface area contributed by atoms with Crippen LogP contribution in [0.3, 0.4) is 0 Å². The highest BCUT2D eigenvalue weighted by Gasteiger charge is 2.49. The van der Waals surface area contributed by atoms with Gasteiger partial charge < -0.3 is 15.8 Å². The summed E-state index contributed by atoms with van der Waals surface area (Å²) in [5.74, 6) is 6.90. The van der Waals surface area contributed by atoms with Crippen LogP contribution < -0.4 is 11.1 Å². The first-order valence-electron chi connectivity index (χ1n) is 11.4. The molecule has 5 heteroatoms. The van der Waals surface area contributed by atoms with Crippen molar-refractivity contribution in [2.24, 2.45) is 58.1 Å². The van der Waals surface area contributed by atoms with Crippen LogP contribution >= 0.6 is 12.2 Å². The van der Waals surface area contributed by atoms with Gasteiger partial charge in [-0.2, -0.15) is 0 Å². The molecule has 8 saturated carbocycles. The van der Waals surface area contributed by atoms with Crippen molar-refractivity contribution in [2.75, 3.05) is 0 Å². The predicted molar refractivity (Wildman–Crippen MR) is 110 cm³/mol. The Bertz CT molecular complexity index is 606. The van der Waals surface area contributed by atoms with Crippen LogP contribution in [0.25, 0.3) is 0 Å². The van der Waals surface area contributed by atoms with E-state index in [-0.39, 0.29) is 0 Å². The Balaban J connectivity index is 1.08. The fourth-order valence-corrected chi connectivity index (χ4v) is 8.92. The molecule has 3 N–H and O–H groups in total. The minimum atomic E-state index is 0.300. The van der Waals surface area contributed by atoms with Crippen LogP contribution in [-0.4, -0.2) is 23.3 Å². The summed E-state index contributed by atoms with van der Waals surface area (Å²) in [6, 6.07) is 1.18. The van der Waals surface area contributed by atoms with Crippen molar-refractivity contribution in [2.45, 2.75) is 76.3 Å². The fraction of sp³-hybridized carbons (Fsp3) is 0.909. The van der Waals surface area contributed by atoms with Gasteiger partial charge in [0.1, 0.15) is 0 Å². The number of hydrogen-bond donors (Lipinski definition) is 2. The zero-order chi connectivity index (χ0) is 18.1. The molecule has 8 rings (SSSR count). The van der Waals surface area contributed by atoms with Crippen LogP contribution in [0.15, 0.2) is 4.99 Å². The molecule has 0 aromatic carbocycles. The third-order valence-corrected chi connectivity index (χ3v) is 9.36. The van der Waals surface area contributed by atoms with Gasteiger partial charge in [0.2, 0.25) is 0 Å². The second-order valence-electron chi connectivity index (χ2n) is 10.9. The van der Waals surface area contributed by atoms with Crippen molar-refractivity contribution in [3.05, 3.63) is 0 Å². The molecule has 8 aliphatic rings. The average Bonchev–Trinajstić information content (AvgIpc) is 2.60. The number of nitrogens with zero attached hydrogens (tertiary/aromatic N) is 1. The molecule has 8 fully saturated rings. The van der Waals surface area contributed by atoms with E-state index in [0.717, 1.165) is 47.3 Å². The summed E-state index contributed by atoms with van der Waals surface area (Å²) >= 11 is 5.53. The number of rotatable bonds is 2. The van der Waals surface area contributed by atoms with Gasteiger partial charge in [0.25, 0.3) is 11.2 Å². The number of thiocarbonyl (C=S) groups is 1. The smallest absolute Gasteiger partial charge is 0.289 e. The number of amidine groups is 1. The van der Waals surface area contributed by atoms with E-state index in [4.69, 9.17) is 27.7 Å². The van der Waals surface area contributed by atoms with Gasteiger partial charge in [0, 0.05) is 6.04 Å². The summed E-state index contributed by atoms with van der Waals surface area (Å²) in [7, 11) is 0.